The average molecular weight is 354 g/mol. The van der Waals surface area contributed by atoms with E-state index in [0.29, 0.717) is 0 Å². The van der Waals surface area contributed by atoms with Crippen LogP contribution >= 0.6 is 23.2 Å². The molecule has 0 N–H and O–H groups in total. The molecule has 1 heterocycles. The number of halogens is 5. The van der Waals surface area contributed by atoms with Crippen LogP contribution in [-0.4, -0.2) is 17.7 Å². The first-order chi connectivity index (χ1) is 10.3. The Balaban J connectivity index is 2.72. The second-order valence-corrected chi connectivity index (χ2v) is 4.86. The molecule has 0 saturated carbocycles. The molecule has 2 rings (SSSR count). The van der Waals surface area contributed by atoms with Gasteiger partial charge in [-0.1, -0.05) is 34.4 Å². The third kappa shape index (κ3) is 3.05. The Kier molecular flexibility index (Phi) is 4.67. The van der Waals surface area contributed by atoms with E-state index >= 15 is 0 Å². The molecule has 0 fully saturated rings. The van der Waals surface area contributed by atoms with Crippen LogP contribution in [0.15, 0.2) is 22.7 Å². The van der Waals surface area contributed by atoms with Crippen molar-refractivity contribution in [3.05, 3.63) is 39.6 Å². The van der Waals surface area contributed by atoms with Crippen molar-refractivity contribution in [3.8, 4) is 11.3 Å². The van der Waals surface area contributed by atoms with Gasteiger partial charge in [-0.2, -0.15) is 13.2 Å². The molecule has 0 radical (unpaired) electrons. The zero-order valence-corrected chi connectivity index (χ0v) is 12.5. The van der Waals surface area contributed by atoms with Gasteiger partial charge in [-0.15, -0.1) is 0 Å². The monoisotopic (exact) mass is 353 g/mol. The van der Waals surface area contributed by atoms with E-state index < -0.39 is 29.2 Å². The molecule has 0 aliphatic rings. The molecule has 0 saturated heterocycles. The highest BCUT2D eigenvalue weighted by molar-refractivity contribution is 6.39. The van der Waals surface area contributed by atoms with Crippen molar-refractivity contribution < 1.29 is 27.2 Å². The number of rotatable bonds is 3. The Labute approximate surface area is 132 Å². The quantitative estimate of drug-likeness (QED) is 0.740. The van der Waals surface area contributed by atoms with Crippen LogP contribution in [0, 0.1) is 0 Å². The standard InChI is InChI=1S/C13H8Cl2F3NO3/c1-2-21-12(20)9-10(19-22-11(9)13(16,17)18)8-6(14)4-3-5-7(8)15/h3-5H,2H2,1H3. The summed E-state index contributed by atoms with van der Waals surface area (Å²) >= 11 is 11.9. The zero-order chi connectivity index (χ0) is 16.5. The molecule has 1 aromatic carbocycles. The molecule has 0 atom stereocenters. The van der Waals surface area contributed by atoms with Crippen LogP contribution in [0.4, 0.5) is 13.2 Å². The number of hydrogen-bond acceptors (Lipinski definition) is 4. The van der Waals surface area contributed by atoms with Gasteiger partial charge in [0.05, 0.1) is 16.7 Å². The van der Waals surface area contributed by atoms with Crippen LogP contribution in [-0.2, 0) is 10.9 Å². The SMILES string of the molecule is CCOC(=O)c1c(-c2c(Cl)cccc2Cl)noc1C(F)(F)F. The smallest absolute Gasteiger partial charge is 0.453 e. The fraction of sp³-hybridized carbons (Fsp3) is 0.231. The maximum atomic E-state index is 13.0. The fourth-order valence-electron chi connectivity index (χ4n) is 1.77. The van der Waals surface area contributed by atoms with Gasteiger partial charge >= 0.3 is 12.1 Å². The van der Waals surface area contributed by atoms with Gasteiger partial charge in [0.15, 0.2) is 0 Å². The summed E-state index contributed by atoms with van der Waals surface area (Å²) < 4.78 is 47.9. The van der Waals surface area contributed by atoms with Crippen LogP contribution in [0.25, 0.3) is 11.3 Å². The van der Waals surface area contributed by atoms with Crippen molar-refractivity contribution in [1.29, 1.82) is 0 Å². The maximum Gasteiger partial charge on any atom is 0.453 e. The van der Waals surface area contributed by atoms with Gasteiger partial charge in [0, 0.05) is 5.56 Å². The lowest BCUT2D eigenvalue weighted by molar-refractivity contribution is -0.156. The number of nitrogens with zero attached hydrogens (tertiary/aromatic N) is 1. The predicted molar refractivity (Wildman–Crippen MR) is 72.9 cm³/mol. The lowest BCUT2D eigenvalue weighted by atomic mass is 10.1. The third-order valence-corrected chi connectivity index (χ3v) is 3.26. The van der Waals surface area contributed by atoms with Gasteiger partial charge in [0.1, 0.15) is 11.3 Å². The summed E-state index contributed by atoms with van der Waals surface area (Å²) in [6, 6.07) is 4.31. The minimum absolute atomic E-state index is 0.0278. The average Bonchev–Trinajstić information content (AvgIpc) is 2.83. The van der Waals surface area contributed by atoms with Crippen molar-refractivity contribution in [3.63, 3.8) is 0 Å². The highest BCUT2D eigenvalue weighted by Gasteiger charge is 2.44. The molecule has 1 aromatic heterocycles. The molecular weight excluding hydrogens is 346 g/mol. The Morgan fingerprint density at radius 2 is 1.91 bits per heavy atom. The van der Waals surface area contributed by atoms with E-state index in [1.165, 1.54) is 25.1 Å². The summed E-state index contributed by atoms with van der Waals surface area (Å²) in [6.45, 7) is 1.35. The van der Waals surface area contributed by atoms with Gasteiger partial charge in [-0.05, 0) is 19.1 Å². The van der Waals surface area contributed by atoms with E-state index in [0.717, 1.165) is 0 Å². The molecule has 9 heteroatoms. The molecule has 0 spiro atoms. The Bertz CT molecular complexity index is 693. The third-order valence-electron chi connectivity index (χ3n) is 2.63. The van der Waals surface area contributed by atoms with Crippen molar-refractivity contribution in [2.45, 2.75) is 13.1 Å². The van der Waals surface area contributed by atoms with Gasteiger partial charge in [0.25, 0.3) is 5.76 Å². The summed E-state index contributed by atoms with van der Waals surface area (Å²) in [4.78, 5) is 11.9. The van der Waals surface area contributed by atoms with Crippen LogP contribution in [0.3, 0.4) is 0 Å². The number of esters is 1. The van der Waals surface area contributed by atoms with Crippen LogP contribution < -0.4 is 0 Å². The summed E-state index contributed by atoms with van der Waals surface area (Å²) in [5, 5.41) is 3.37. The molecule has 0 unspecified atom stereocenters. The highest BCUT2D eigenvalue weighted by atomic mass is 35.5. The number of hydrogen-bond donors (Lipinski definition) is 0. The number of benzene rings is 1. The van der Waals surface area contributed by atoms with E-state index in [1.807, 2.05) is 0 Å². The number of ether oxygens (including phenoxy) is 1. The van der Waals surface area contributed by atoms with Crippen LogP contribution in [0.1, 0.15) is 23.0 Å². The van der Waals surface area contributed by atoms with Crippen molar-refractivity contribution in [2.75, 3.05) is 6.61 Å². The second kappa shape index (κ2) is 6.18. The van der Waals surface area contributed by atoms with Crippen molar-refractivity contribution in [2.24, 2.45) is 0 Å². The maximum absolute atomic E-state index is 13.0. The van der Waals surface area contributed by atoms with Crippen LogP contribution in [0.5, 0.6) is 0 Å². The summed E-state index contributed by atoms with van der Waals surface area (Å²) in [5.41, 5.74) is -1.31. The molecule has 22 heavy (non-hydrogen) atoms. The van der Waals surface area contributed by atoms with Crippen molar-refractivity contribution >= 4 is 29.2 Å². The fourth-order valence-corrected chi connectivity index (χ4v) is 2.35. The predicted octanol–water partition coefficient (Wildman–Crippen LogP) is 4.84. The highest BCUT2D eigenvalue weighted by Crippen LogP contribution is 2.41. The molecular formula is C13H8Cl2F3NO3. The normalized spacial score (nSPS) is 11.5. The number of carbonyl (C=O) groups excluding carboxylic acids is 1. The Morgan fingerprint density at radius 3 is 2.41 bits per heavy atom. The molecule has 0 aliphatic carbocycles. The lowest BCUT2D eigenvalue weighted by Gasteiger charge is -2.08. The van der Waals surface area contributed by atoms with Gasteiger partial charge < -0.3 is 9.26 Å². The van der Waals surface area contributed by atoms with E-state index in [4.69, 9.17) is 23.2 Å². The first-order valence-corrected chi connectivity index (χ1v) is 6.71. The first-order valence-electron chi connectivity index (χ1n) is 5.95. The molecule has 2 aromatic rings. The van der Waals surface area contributed by atoms with Gasteiger partial charge in [-0.3, -0.25) is 0 Å². The zero-order valence-electron chi connectivity index (χ0n) is 11.0. The molecule has 4 nitrogen and oxygen atoms in total. The van der Waals surface area contributed by atoms with Crippen LogP contribution in [0.2, 0.25) is 10.0 Å². The summed E-state index contributed by atoms with van der Waals surface area (Å²) in [5.74, 6) is -2.78. The van der Waals surface area contributed by atoms with Gasteiger partial charge in [-0.25, -0.2) is 4.79 Å². The van der Waals surface area contributed by atoms with E-state index in [2.05, 4.69) is 14.4 Å². The summed E-state index contributed by atoms with van der Waals surface area (Å²) in [7, 11) is 0. The number of carbonyl (C=O) groups is 1. The van der Waals surface area contributed by atoms with Gasteiger partial charge in [0.2, 0.25) is 0 Å². The number of alkyl halides is 3. The minimum Gasteiger partial charge on any atom is -0.462 e. The van der Waals surface area contributed by atoms with Crippen molar-refractivity contribution in [1.82, 2.24) is 5.16 Å². The molecule has 118 valence electrons. The van der Waals surface area contributed by atoms with E-state index in [9.17, 15) is 18.0 Å². The molecule has 0 aliphatic heterocycles. The first kappa shape index (κ1) is 16.6. The van der Waals surface area contributed by atoms with E-state index in [-0.39, 0.29) is 22.2 Å². The Morgan fingerprint density at radius 1 is 1.32 bits per heavy atom. The lowest BCUT2D eigenvalue weighted by Crippen LogP contribution is -2.14. The largest absolute Gasteiger partial charge is 0.462 e. The Hall–Kier alpha value is -1.73. The summed E-state index contributed by atoms with van der Waals surface area (Å²) in [6.07, 6.45) is -4.92. The molecule has 0 amide bonds. The van der Waals surface area contributed by atoms with E-state index in [1.54, 1.807) is 0 Å². The number of aromatic nitrogens is 1. The minimum atomic E-state index is -4.92. The topological polar surface area (TPSA) is 52.3 Å². The second-order valence-electron chi connectivity index (χ2n) is 4.05. The molecule has 0 bridgehead atoms.